The number of ether oxygens (including phenoxy) is 2. The van der Waals surface area contributed by atoms with E-state index in [2.05, 4.69) is 10.2 Å². The Bertz CT molecular complexity index is 1050. The Morgan fingerprint density at radius 3 is 2.76 bits per heavy atom. The number of benzene rings is 1. The van der Waals surface area contributed by atoms with E-state index in [1.165, 1.54) is 11.8 Å². The molecule has 0 spiro atoms. The summed E-state index contributed by atoms with van der Waals surface area (Å²) in [7, 11) is 1.61. The predicted molar refractivity (Wildman–Crippen MR) is 113 cm³/mol. The van der Waals surface area contributed by atoms with Gasteiger partial charge in [-0.1, -0.05) is 0 Å². The van der Waals surface area contributed by atoms with Crippen LogP contribution in [0.5, 0.6) is 5.75 Å². The summed E-state index contributed by atoms with van der Waals surface area (Å²) in [6, 6.07) is 7.58. The van der Waals surface area contributed by atoms with Crippen LogP contribution in [0, 0.1) is 0 Å². The number of rotatable bonds is 3. The van der Waals surface area contributed by atoms with Crippen molar-refractivity contribution >= 4 is 51.9 Å². The van der Waals surface area contributed by atoms with E-state index >= 15 is 0 Å². The van der Waals surface area contributed by atoms with Crippen LogP contribution in [-0.4, -0.2) is 60.2 Å². The van der Waals surface area contributed by atoms with Crippen molar-refractivity contribution < 1.29 is 19.1 Å². The van der Waals surface area contributed by atoms with Gasteiger partial charge in [-0.3, -0.25) is 19.8 Å². The fourth-order valence-electron chi connectivity index (χ4n) is 3.44. The van der Waals surface area contributed by atoms with Gasteiger partial charge in [-0.05, 0) is 42.6 Å². The third-order valence-corrected chi connectivity index (χ3v) is 5.13. The Kier molecular flexibility index (Phi) is 5.16. The SMILES string of the molecule is COc1ccc2nc(N3CCOCC3)c(/C=C3/C(=O)NC(=S)N3C(C)=O)cc2c1. The Balaban J connectivity index is 1.89. The minimum Gasteiger partial charge on any atom is -0.497 e. The number of hydrogen-bond acceptors (Lipinski definition) is 7. The highest BCUT2D eigenvalue weighted by Crippen LogP contribution is 2.30. The van der Waals surface area contributed by atoms with E-state index < -0.39 is 5.91 Å². The first-order valence-electron chi connectivity index (χ1n) is 9.17. The van der Waals surface area contributed by atoms with Gasteiger partial charge in [0.05, 0.1) is 25.8 Å². The number of carbonyl (C=O) groups is 2. The van der Waals surface area contributed by atoms with Gasteiger partial charge in [0, 0.05) is 31.0 Å². The van der Waals surface area contributed by atoms with Crippen molar-refractivity contribution in [3.05, 3.63) is 35.5 Å². The molecule has 2 aliphatic rings. The molecule has 4 rings (SSSR count). The highest BCUT2D eigenvalue weighted by molar-refractivity contribution is 7.80. The Labute approximate surface area is 173 Å². The first kappa shape index (κ1) is 19.3. The second kappa shape index (κ2) is 7.76. The highest BCUT2D eigenvalue weighted by atomic mass is 32.1. The van der Waals surface area contributed by atoms with Crippen molar-refractivity contribution in [3.63, 3.8) is 0 Å². The lowest BCUT2D eigenvalue weighted by atomic mass is 10.1. The van der Waals surface area contributed by atoms with Gasteiger partial charge in [0.1, 0.15) is 17.3 Å². The molecule has 0 bridgehead atoms. The zero-order chi connectivity index (χ0) is 20.5. The molecule has 0 aliphatic carbocycles. The van der Waals surface area contributed by atoms with E-state index in [1.807, 2.05) is 24.3 Å². The van der Waals surface area contributed by atoms with Crippen molar-refractivity contribution in [1.29, 1.82) is 0 Å². The molecular weight excluding hydrogens is 392 g/mol. The lowest BCUT2D eigenvalue weighted by Gasteiger charge is -2.29. The van der Waals surface area contributed by atoms with Crippen LogP contribution in [0.2, 0.25) is 0 Å². The average molecular weight is 412 g/mol. The number of methoxy groups -OCH3 is 1. The average Bonchev–Trinajstić information content (AvgIpc) is 3.00. The fourth-order valence-corrected chi connectivity index (χ4v) is 3.76. The molecular formula is C20H20N4O4S. The number of fused-ring (bicyclic) bond motifs is 1. The van der Waals surface area contributed by atoms with Crippen LogP contribution in [0.25, 0.3) is 17.0 Å². The maximum absolute atomic E-state index is 12.4. The van der Waals surface area contributed by atoms with E-state index in [1.54, 1.807) is 13.2 Å². The number of anilines is 1. The highest BCUT2D eigenvalue weighted by Gasteiger charge is 2.33. The summed E-state index contributed by atoms with van der Waals surface area (Å²) in [6.45, 7) is 3.94. The molecule has 29 heavy (non-hydrogen) atoms. The molecule has 1 aromatic heterocycles. The summed E-state index contributed by atoms with van der Waals surface area (Å²) in [4.78, 5) is 32.6. The molecule has 2 saturated heterocycles. The number of thiocarbonyl (C=S) groups is 1. The zero-order valence-corrected chi connectivity index (χ0v) is 16.9. The topological polar surface area (TPSA) is 84.0 Å². The molecule has 1 aromatic carbocycles. The van der Waals surface area contributed by atoms with Crippen molar-refractivity contribution in [2.45, 2.75) is 6.92 Å². The number of morpholine rings is 1. The van der Waals surface area contributed by atoms with Crippen molar-refractivity contribution in [2.24, 2.45) is 0 Å². The summed E-state index contributed by atoms with van der Waals surface area (Å²) in [5.41, 5.74) is 1.71. The van der Waals surface area contributed by atoms with Crippen LogP contribution in [-0.2, 0) is 14.3 Å². The summed E-state index contributed by atoms with van der Waals surface area (Å²) >= 11 is 5.13. The molecule has 1 N–H and O–H groups in total. The van der Waals surface area contributed by atoms with Crippen LogP contribution in [0.3, 0.4) is 0 Å². The first-order valence-corrected chi connectivity index (χ1v) is 9.58. The lowest BCUT2D eigenvalue weighted by Crippen LogP contribution is -2.37. The van der Waals surface area contributed by atoms with Gasteiger partial charge in [-0.15, -0.1) is 0 Å². The molecule has 0 radical (unpaired) electrons. The van der Waals surface area contributed by atoms with Crippen molar-refractivity contribution in [2.75, 3.05) is 38.3 Å². The number of carbonyl (C=O) groups excluding carboxylic acids is 2. The number of hydrogen-bond donors (Lipinski definition) is 1. The summed E-state index contributed by atoms with van der Waals surface area (Å²) in [5.74, 6) is 0.696. The predicted octanol–water partition coefficient (Wildman–Crippen LogP) is 1.68. The Morgan fingerprint density at radius 2 is 2.07 bits per heavy atom. The molecule has 150 valence electrons. The van der Waals surface area contributed by atoms with E-state index in [-0.39, 0.29) is 16.7 Å². The third kappa shape index (κ3) is 3.66. The largest absolute Gasteiger partial charge is 0.497 e. The first-order chi connectivity index (χ1) is 14.0. The van der Waals surface area contributed by atoms with Crippen LogP contribution < -0.4 is 15.0 Å². The van der Waals surface area contributed by atoms with E-state index in [9.17, 15) is 9.59 Å². The van der Waals surface area contributed by atoms with Gasteiger partial charge >= 0.3 is 0 Å². The molecule has 2 aromatic rings. The van der Waals surface area contributed by atoms with Gasteiger partial charge in [-0.25, -0.2) is 4.98 Å². The van der Waals surface area contributed by atoms with Gasteiger partial charge in [0.25, 0.3) is 5.91 Å². The molecule has 0 atom stereocenters. The lowest BCUT2D eigenvalue weighted by molar-refractivity contribution is -0.125. The van der Waals surface area contributed by atoms with E-state index in [4.69, 9.17) is 26.7 Å². The molecule has 2 fully saturated rings. The van der Waals surface area contributed by atoms with Gasteiger partial charge in [0.2, 0.25) is 5.91 Å². The fraction of sp³-hybridized carbons (Fsp3) is 0.300. The quantitative estimate of drug-likeness (QED) is 0.607. The van der Waals surface area contributed by atoms with Crippen molar-refractivity contribution in [3.8, 4) is 5.75 Å². The van der Waals surface area contributed by atoms with Crippen LogP contribution >= 0.6 is 12.2 Å². The molecule has 2 amide bonds. The van der Waals surface area contributed by atoms with Crippen LogP contribution in [0.4, 0.5) is 5.82 Å². The van der Waals surface area contributed by atoms with Crippen LogP contribution in [0.1, 0.15) is 12.5 Å². The van der Waals surface area contributed by atoms with Crippen molar-refractivity contribution in [1.82, 2.24) is 15.2 Å². The monoisotopic (exact) mass is 412 g/mol. The number of aromatic nitrogens is 1. The number of amides is 2. The molecule has 0 saturated carbocycles. The van der Waals surface area contributed by atoms with Crippen LogP contribution in [0.15, 0.2) is 30.0 Å². The molecule has 9 heteroatoms. The minimum absolute atomic E-state index is 0.0806. The molecule has 2 aliphatic heterocycles. The van der Waals surface area contributed by atoms with E-state index in [0.29, 0.717) is 37.6 Å². The van der Waals surface area contributed by atoms with Gasteiger partial charge < -0.3 is 14.4 Å². The van der Waals surface area contributed by atoms with Gasteiger partial charge in [0.15, 0.2) is 5.11 Å². The second-order valence-corrected chi connectivity index (χ2v) is 7.09. The smallest absolute Gasteiger partial charge is 0.274 e. The summed E-state index contributed by atoms with van der Waals surface area (Å²) < 4.78 is 10.8. The number of nitrogens with one attached hydrogen (secondary N) is 1. The normalized spacial score (nSPS) is 18.5. The maximum Gasteiger partial charge on any atom is 0.274 e. The third-order valence-electron chi connectivity index (χ3n) is 4.85. The standard InChI is InChI=1S/C20H20N4O4S/c1-12(25)24-17(19(26)22-20(24)29)11-14-9-13-10-15(27-2)3-4-16(13)21-18(14)23-5-7-28-8-6-23/h3-4,9-11H,5-8H2,1-2H3,(H,22,26,29)/b17-11-. The Morgan fingerprint density at radius 1 is 1.31 bits per heavy atom. The summed E-state index contributed by atoms with van der Waals surface area (Å²) in [6.07, 6.45) is 1.66. The molecule has 0 unspecified atom stereocenters. The molecule has 3 heterocycles. The molecule has 8 nitrogen and oxygen atoms in total. The second-order valence-electron chi connectivity index (χ2n) is 6.70. The number of nitrogens with zero attached hydrogens (tertiary/aromatic N) is 3. The Hall–Kier alpha value is -3.04. The zero-order valence-electron chi connectivity index (χ0n) is 16.1. The maximum atomic E-state index is 12.4. The minimum atomic E-state index is -0.413. The number of pyridine rings is 1. The van der Waals surface area contributed by atoms with E-state index in [0.717, 1.165) is 16.7 Å². The van der Waals surface area contributed by atoms with Gasteiger partial charge in [-0.2, -0.15) is 0 Å². The summed E-state index contributed by atoms with van der Waals surface area (Å²) in [5, 5.41) is 3.47.